The molecule has 6 N–H and O–H groups in total. The number of nitrogens with one attached hydrogen (secondary N) is 1. The highest BCUT2D eigenvalue weighted by Gasteiger charge is 2.35. The standard InChI is InChI=1S/C28H28ClN5O3/c29-24-23(17-6-8-18(9-7-17)26(31)35)32-27(33-24)22(14-16-4-2-1-3-5-16)34-13-12-19-15-20(28(36)37)10-11-21(19)25(34)30/h1-9,12-13,20,22,25H,10-11,14-15,30H2,(H2,31,35)(H,32,33)(H,36,37)/t20?,22-,25?/m0/s1. The van der Waals surface area contributed by atoms with Crippen LogP contribution in [-0.2, 0) is 11.2 Å². The molecule has 2 aliphatic rings. The van der Waals surface area contributed by atoms with E-state index in [9.17, 15) is 14.7 Å². The molecule has 0 spiro atoms. The van der Waals surface area contributed by atoms with Crippen LogP contribution in [0.5, 0.6) is 0 Å². The van der Waals surface area contributed by atoms with Gasteiger partial charge in [-0.05, 0) is 54.2 Å². The number of H-pyrrole nitrogens is 1. The summed E-state index contributed by atoms with van der Waals surface area (Å²) >= 11 is 6.62. The summed E-state index contributed by atoms with van der Waals surface area (Å²) in [5.41, 5.74) is 17.1. The number of nitrogens with zero attached hydrogens (tertiary/aromatic N) is 2. The van der Waals surface area contributed by atoms with Crippen molar-refractivity contribution < 1.29 is 14.7 Å². The van der Waals surface area contributed by atoms with Crippen molar-refractivity contribution in [1.82, 2.24) is 14.9 Å². The summed E-state index contributed by atoms with van der Waals surface area (Å²) in [5, 5.41) is 9.86. The quantitative estimate of drug-likeness (QED) is 0.366. The average Bonchev–Trinajstić information content (AvgIpc) is 3.29. The topological polar surface area (TPSA) is 138 Å². The second-order valence-electron chi connectivity index (χ2n) is 9.47. The van der Waals surface area contributed by atoms with Gasteiger partial charge in [0.25, 0.3) is 0 Å². The lowest BCUT2D eigenvalue weighted by atomic mass is 9.81. The SMILES string of the molecule is NC(=O)c1ccc(-c2nc([C@H](Cc3ccccc3)N3C=CC4=C(CCC(C(=O)O)C4)C3N)[nH]c2Cl)cc1. The van der Waals surface area contributed by atoms with Gasteiger partial charge in [-0.2, -0.15) is 0 Å². The molecule has 1 amide bonds. The van der Waals surface area contributed by atoms with Crippen LogP contribution in [-0.4, -0.2) is 38.0 Å². The van der Waals surface area contributed by atoms with Crippen LogP contribution < -0.4 is 11.5 Å². The van der Waals surface area contributed by atoms with E-state index in [1.54, 1.807) is 24.3 Å². The Bertz CT molecular complexity index is 1380. The number of primary amides is 1. The first-order valence-electron chi connectivity index (χ1n) is 12.2. The Kier molecular flexibility index (Phi) is 6.86. The summed E-state index contributed by atoms with van der Waals surface area (Å²) in [7, 11) is 0. The zero-order chi connectivity index (χ0) is 26.1. The van der Waals surface area contributed by atoms with Crippen molar-refractivity contribution in [1.29, 1.82) is 0 Å². The molecule has 0 radical (unpaired) electrons. The number of aliphatic carboxylic acids is 1. The molecule has 5 rings (SSSR count). The summed E-state index contributed by atoms with van der Waals surface area (Å²) in [6.07, 6.45) is 5.85. The predicted octanol–water partition coefficient (Wildman–Crippen LogP) is 4.41. The summed E-state index contributed by atoms with van der Waals surface area (Å²) in [5.74, 6) is -0.986. The maximum atomic E-state index is 11.5. The van der Waals surface area contributed by atoms with Gasteiger partial charge in [0.05, 0.1) is 18.1 Å². The van der Waals surface area contributed by atoms with Gasteiger partial charge in [-0.1, -0.05) is 54.1 Å². The van der Waals surface area contributed by atoms with E-state index < -0.39 is 18.0 Å². The highest BCUT2D eigenvalue weighted by atomic mass is 35.5. The molecule has 3 aromatic rings. The molecule has 9 heteroatoms. The van der Waals surface area contributed by atoms with E-state index in [1.165, 1.54) is 0 Å². The lowest BCUT2D eigenvalue weighted by Gasteiger charge is -2.41. The Morgan fingerprint density at radius 2 is 1.89 bits per heavy atom. The van der Waals surface area contributed by atoms with Crippen LogP contribution in [0.15, 0.2) is 78.0 Å². The number of carbonyl (C=O) groups is 2. The predicted molar refractivity (Wildman–Crippen MR) is 141 cm³/mol. The first-order chi connectivity index (χ1) is 17.8. The van der Waals surface area contributed by atoms with Gasteiger partial charge in [0.2, 0.25) is 5.91 Å². The number of amides is 1. The lowest BCUT2D eigenvalue weighted by molar-refractivity contribution is -0.142. The Balaban J connectivity index is 1.49. The highest BCUT2D eigenvalue weighted by molar-refractivity contribution is 6.31. The average molecular weight is 518 g/mol. The number of rotatable bonds is 7. The van der Waals surface area contributed by atoms with Crippen molar-refractivity contribution in [2.75, 3.05) is 0 Å². The molecular formula is C28H28ClN5O3. The van der Waals surface area contributed by atoms with Crippen LogP contribution in [0.25, 0.3) is 11.3 Å². The Hall–Kier alpha value is -3.88. The van der Waals surface area contributed by atoms with E-state index in [1.807, 2.05) is 30.5 Å². The molecule has 2 unspecified atom stereocenters. The van der Waals surface area contributed by atoms with Crippen molar-refractivity contribution in [2.45, 2.75) is 37.9 Å². The smallest absolute Gasteiger partial charge is 0.306 e. The van der Waals surface area contributed by atoms with Crippen molar-refractivity contribution in [3.63, 3.8) is 0 Å². The number of carbonyl (C=O) groups excluding carboxylic acids is 1. The van der Waals surface area contributed by atoms with Gasteiger partial charge in [0, 0.05) is 23.7 Å². The van der Waals surface area contributed by atoms with Gasteiger partial charge in [-0.25, -0.2) is 4.98 Å². The first kappa shape index (κ1) is 24.8. The third-order valence-corrected chi connectivity index (χ3v) is 7.46. The van der Waals surface area contributed by atoms with Crippen LogP contribution in [0.1, 0.15) is 47.1 Å². The molecule has 0 fully saturated rings. The van der Waals surface area contributed by atoms with Crippen molar-refractivity contribution in [3.05, 3.63) is 100 Å². The number of hydrogen-bond acceptors (Lipinski definition) is 5. The summed E-state index contributed by atoms with van der Waals surface area (Å²) in [6.45, 7) is 0. The number of imidazole rings is 1. The third kappa shape index (κ3) is 5.03. The fourth-order valence-electron chi connectivity index (χ4n) is 5.15. The van der Waals surface area contributed by atoms with E-state index in [4.69, 9.17) is 28.1 Å². The minimum atomic E-state index is -0.764. The molecule has 8 nitrogen and oxygen atoms in total. The van der Waals surface area contributed by atoms with Gasteiger partial charge in [-0.3, -0.25) is 9.59 Å². The number of carboxylic acid groups (broad SMARTS) is 1. The van der Waals surface area contributed by atoms with Gasteiger partial charge in [0.1, 0.15) is 16.7 Å². The largest absolute Gasteiger partial charge is 0.481 e. The Morgan fingerprint density at radius 1 is 1.16 bits per heavy atom. The second-order valence-corrected chi connectivity index (χ2v) is 9.85. The van der Waals surface area contributed by atoms with Gasteiger partial charge < -0.3 is 26.5 Å². The Labute approximate surface area is 219 Å². The first-order valence-corrected chi connectivity index (χ1v) is 12.5. The number of benzene rings is 2. The molecule has 3 atom stereocenters. The lowest BCUT2D eigenvalue weighted by Crippen LogP contribution is -2.46. The molecular weight excluding hydrogens is 490 g/mol. The third-order valence-electron chi connectivity index (χ3n) is 7.18. The molecule has 190 valence electrons. The van der Waals surface area contributed by atoms with E-state index in [2.05, 4.69) is 22.0 Å². The van der Waals surface area contributed by atoms with Crippen LogP contribution in [0.2, 0.25) is 5.15 Å². The number of carboxylic acids is 1. The Morgan fingerprint density at radius 3 is 2.57 bits per heavy atom. The molecule has 2 aromatic carbocycles. The minimum absolute atomic E-state index is 0.254. The van der Waals surface area contributed by atoms with Crippen LogP contribution in [0.4, 0.5) is 0 Å². The van der Waals surface area contributed by atoms with Gasteiger partial charge >= 0.3 is 5.97 Å². The second kappa shape index (κ2) is 10.2. The molecule has 0 saturated heterocycles. The number of halogens is 1. The maximum Gasteiger partial charge on any atom is 0.306 e. The summed E-state index contributed by atoms with van der Waals surface area (Å²) < 4.78 is 0. The van der Waals surface area contributed by atoms with Crippen molar-refractivity contribution in [2.24, 2.45) is 17.4 Å². The monoisotopic (exact) mass is 517 g/mol. The molecule has 37 heavy (non-hydrogen) atoms. The van der Waals surface area contributed by atoms with E-state index in [-0.39, 0.29) is 12.0 Å². The number of aromatic nitrogens is 2. The minimum Gasteiger partial charge on any atom is -0.481 e. The van der Waals surface area contributed by atoms with E-state index in [0.29, 0.717) is 47.9 Å². The van der Waals surface area contributed by atoms with E-state index in [0.717, 1.165) is 22.3 Å². The fourth-order valence-corrected chi connectivity index (χ4v) is 5.40. The highest BCUT2D eigenvalue weighted by Crippen LogP contribution is 2.39. The number of aromatic amines is 1. The summed E-state index contributed by atoms with van der Waals surface area (Å²) in [6, 6.07) is 16.7. The van der Waals surface area contributed by atoms with Gasteiger partial charge in [0.15, 0.2) is 0 Å². The molecule has 2 heterocycles. The van der Waals surface area contributed by atoms with E-state index >= 15 is 0 Å². The van der Waals surface area contributed by atoms with Crippen molar-refractivity contribution in [3.8, 4) is 11.3 Å². The molecule has 1 aromatic heterocycles. The summed E-state index contributed by atoms with van der Waals surface area (Å²) in [4.78, 5) is 33.2. The van der Waals surface area contributed by atoms with Crippen LogP contribution in [0.3, 0.4) is 0 Å². The molecule has 0 saturated carbocycles. The number of nitrogens with two attached hydrogens (primary N) is 2. The van der Waals surface area contributed by atoms with Crippen LogP contribution in [0, 0.1) is 5.92 Å². The molecule has 1 aliphatic heterocycles. The fraction of sp³-hybridized carbons (Fsp3) is 0.250. The van der Waals surface area contributed by atoms with Gasteiger partial charge in [-0.15, -0.1) is 0 Å². The van der Waals surface area contributed by atoms with Crippen molar-refractivity contribution >= 4 is 23.5 Å². The van der Waals surface area contributed by atoms with Crippen LogP contribution >= 0.6 is 11.6 Å². The zero-order valence-electron chi connectivity index (χ0n) is 20.1. The maximum absolute atomic E-state index is 11.5. The molecule has 0 bridgehead atoms. The number of allylic oxidation sites excluding steroid dienone is 2. The normalized spacial score (nSPS) is 20.0. The zero-order valence-corrected chi connectivity index (χ0v) is 20.9. The number of hydrogen-bond donors (Lipinski definition) is 4. The molecule has 1 aliphatic carbocycles.